The molecule has 0 aromatic rings. The van der Waals surface area contributed by atoms with Crippen LogP contribution in [0.3, 0.4) is 0 Å². The van der Waals surface area contributed by atoms with E-state index in [4.69, 9.17) is 0 Å². The summed E-state index contributed by atoms with van der Waals surface area (Å²) in [5, 5.41) is 9.78. The number of nitrogens with zero attached hydrogens (tertiary/aromatic N) is 1. The summed E-state index contributed by atoms with van der Waals surface area (Å²) in [5.74, 6) is 0. The van der Waals surface area contributed by atoms with Crippen LogP contribution in [0.15, 0.2) is 0 Å². The maximum Gasteiger partial charge on any atom is 0.0897 e. The van der Waals surface area contributed by atoms with Crippen LogP contribution in [0.25, 0.3) is 0 Å². The molecule has 0 amide bonds. The van der Waals surface area contributed by atoms with Crippen LogP contribution >= 0.6 is 0 Å². The maximum absolute atomic E-state index is 9.78. The van der Waals surface area contributed by atoms with E-state index in [2.05, 4.69) is 32.6 Å². The summed E-state index contributed by atoms with van der Waals surface area (Å²) in [5.41, 5.74) is 0.0534. The standard InChI is InChI=1S/C11H23NO/c1-5-11(13)8-12(9-11)7-6-10(2,3)4/h13H,5-9H2,1-4H3. The lowest BCUT2D eigenvalue weighted by molar-refractivity contribution is -0.102. The molecule has 0 unspecified atom stereocenters. The SMILES string of the molecule is CCC1(O)CN(CCC(C)(C)C)C1. The lowest BCUT2D eigenvalue weighted by Crippen LogP contribution is -2.61. The highest BCUT2D eigenvalue weighted by molar-refractivity contribution is 4.94. The average molecular weight is 185 g/mol. The number of aliphatic hydroxyl groups is 1. The Morgan fingerprint density at radius 3 is 2.23 bits per heavy atom. The van der Waals surface area contributed by atoms with E-state index in [0.717, 1.165) is 26.1 Å². The molecule has 2 heteroatoms. The fourth-order valence-electron chi connectivity index (χ4n) is 1.66. The molecule has 0 aliphatic carbocycles. The summed E-state index contributed by atoms with van der Waals surface area (Å²) in [6.07, 6.45) is 2.10. The maximum atomic E-state index is 9.78. The molecule has 13 heavy (non-hydrogen) atoms. The second-order valence-electron chi connectivity index (χ2n) is 5.60. The molecule has 1 rings (SSSR count). The first-order valence-corrected chi connectivity index (χ1v) is 5.29. The van der Waals surface area contributed by atoms with Gasteiger partial charge in [-0.1, -0.05) is 27.7 Å². The van der Waals surface area contributed by atoms with Crippen LogP contribution in [0.4, 0.5) is 0 Å². The molecule has 0 saturated carbocycles. The molecule has 1 saturated heterocycles. The van der Waals surface area contributed by atoms with E-state index in [1.807, 2.05) is 0 Å². The van der Waals surface area contributed by atoms with Crippen LogP contribution in [-0.4, -0.2) is 35.2 Å². The predicted octanol–water partition coefficient (Wildman–Crippen LogP) is 1.88. The summed E-state index contributed by atoms with van der Waals surface area (Å²) in [6.45, 7) is 11.7. The van der Waals surface area contributed by atoms with Gasteiger partial charge < -0.3 is 5.11 Å². The highest BCUT2D eigenvalue weighted by Gasteiger charge is 2.39. The fourth-order valence-corrected chi connectivity index (χ4v) is 1.66. The first-order chi connectivity index (χ1) is 5.85. The third kappa shape index (κ3) is 3.28. The summed E-state index contributed by atoms with van der Waals surface area (Å²) in [6, 6.07) is 0. The minimum absolute atomic E-state index is 0.363. The van der Waals surface area contributed by atoms with Crippen LogP contribution in [0.2, 0.25) is 0 Å². The third-order valence-electron chi connectivity index (χ3n) is 2.87. The van der Waals surface area contributed by atoms with Crippen molar-refractivity contribution in [2.75, 3.05) is 19.6 Å². The zero-order chi connectivity index (χ0) is 10.1. The molecular formula is C11H23NO. The molecule has 1 aliphatic rings. The molecule has 1 aliphatic heterocycles. The second kappa shape index (κ2) is 3.58. The van der Waals surface area contributed by atoms with E-state index in [9.17, 15) is 5.11 Å². The Labute approximate surface area is 81.9 Å². The van der Waals surface area contributed by atoms with Crippen molar-refractivity contribution in [3.8, 4) is 0 Å². The average Bonchev–Trinajstić information content (AvgIpc) is 1.94. The monoisotopic (exact) mass is 185 g/mol. The Kier molecular flexibility index (Phi) is 3.03. The summed E-state index contributed by atoms with van der Waals surface area (Å²) in [4.78, 5) is 2.34. The molecule has 78 valence electrons. The van der Waals surface area contributed by atoms with Gasteiger partial charge in [0.2, 0.25) is 0 Å². The molecular weight excluding hydrogens is 162 g/mol. The Morgan fingerprint density at radius 1 is 1.31 bits per heavy atom. The predicted molar refractivity (Wildman–Crippen MR) is 55.8 cm³/mol. The van der Waals surface area contributed by atoms with Gasteiger partial charge in [-0.3, -0.25) is 4.90 Å². The number of hydrogen-bond donors (Lipinski definition) is 1. The first-order valence-electron chi connectivity index (χ1n) is 5.29. The van der Waals surface area contributed by atoms with Crippen LogP contribution in [-0.2, 0) is 0 Å². The Balaban J connectivity index is 2.15. The van der Waals surface area contributed by atoms with Gasteiger partial charge in [-0.2, -0.15) is 0 Å². The molecule has 0 aromatic carbocycles. The number of likely N-dealkylation sites (tertiary alicyclic amines) is 1. The van der Waals surface area contributed by atoms with Gasteiger partial charge in [0.1, 0.15) is 0 Å². The number of β-amino-alcohol motifs (C(OH)–C–C–N with tert-alkyl or cyclic N) is 1. The minimum atomic E-state index is -0.363. The van der Waals surface area contributed by atoms with E-state index < -0.39 is 0 Å². The lowest BCUT2D eigenvalue weighted by atomic mass is 9.88. The molecule has 0 atom stereocenters. The van der Waals surface area contributed by atoms with Crippen molar-refractivity contribution in [1.29, 1.82) is 0 Å². The van der Waals surface area contributed by atoms with Crippen molar-refractivity contribution < 1.29 is 5.11 Å². The summed E-state index contributed by atoms with van der Waals surface area (Å²) >= 11 is 0. The van der Waals surface area contributed by atoms with E-state index in [1.54, 1.807) is 0 Å². The molecule has 1 fully saturated rings. The van der Waals surface area contributed by atoms with Crippen LogP contribution in [0.5, 0.6) is 0 Å². The van der Waals surface area contributed by atoms with Crippen molar-refractivity contribution in [1.82, 2.24) is 4.90 Å². The largest absolute Gasteiger partial charge is 0.387 e. The van der Waals surface area contributed by atoms with E-state index >= 15 is 0 Å². The Bertz CT molecular complexity index is 165. The number of hydrogen-bond acceptors (Lipinski definition) is 2. The smallest absolute Gasteiger partial charge is 0.0897 e. The third-order valence-corrected chi connectivity index (χ3v) is 2.87. The van der Waals surface area contributed by atoms with E-state index in [1.165, 1.54) is 6.42 Å². The van der Waals surface area contributed by atoms with Crippen molar-refractivity contribution in [2.45, 2.75) is 46.1 Å². The van der Waals surface area contributed by atoms with Gasteiger partial charge in [-0.05, 0) is 24.8 Å². The zero-order valence-electron chi connectivity index (χ0n) is 9.43. The van der Waals surface area contributed by atoms with Crippen LogP contribution in [0.1, 0.15) is 40.5 Å². The second-order valence-corrected chi connectivity index (χ2v) is 5.60. The molecule has 1 N–H and O–H groups in total. The van der Waals surface area contributed by atoms with E-state index in [0.29, 0.717) is 5.41 Å². The Morgan fingerprint density at radius 2 is 1.85 bits per heavy atom. The molecule has 0 radical (unpaired) electrons. The molecule has 0 aromatic heterocycles. The summed E-state index contributed by atoms with van der Waals surface area (Å²) < 4.78 is 0. The zero-order valence-corrected chi connectivity index (χ0v) is 9.43. The van der Waals surface area contributed by atoms with Crippen molar-refractivity contribution in [3.05, 3.63) is 0 Å². The van der Waals surface area contributed by atoms with Gasteiger partial charge in [0.15, 0.2) is 0 Å². The number of rotatable bonds is 3. The van der Waals surface area contributed by atoms with Crippen molar-refractivity contribution in [3.63, 3.8) is 0 Å². The van der Waals surface area contributed by atoms with Gasteiger partial charge in [-0.15, -0.1) is 0 Å². The summed E-state index contributed by atoms with van der Waals surface area (Å²) in [7, 11) is 0. The first kappa shape index (κ1) is 11.0. The van der Waals surface area contributed by atoms with Gasteiger partial charge in [0.05, 0.1) is 5.60 Å². The minimum Gasteiger partial charge on any atom is -0.387 e. The molecule has 0 bridgehead atoms. The van der Waals surface area contributed by atoms with Gasteiger partial charge in [-0.25, -0.2) is 0 Å². The van der Waals surface area contributed by atoms with E-state index in [-0.39, 0.29) is 5.60 Å². The highest BCUT2D eigenvalue weighted by atomic mass is 16.3. The Hall–Kier alpha value is -0.0800. The van der Waals surface area contributed by atoms with Crippen LogP contribution < -0.4 is 0 Å². The van der Waals surface area contributed by atoms with Crippen LogP contribution in [0, 0.1) is 5.41 Å². The molecule has 1 heterocycles. The van der Waals surface area contributed by atoms with Gasteiger partial charge in [0.25, 0.3) is 0 Å². The van der Waals surface area contributed by atoms with Crippen molar-refractivity contribution in [2.24, 2.45) is 5.41 Å². The lowest BCUT2D eigenvalue weighted by Gasteiger charge is -2.47. The molecule has 0 spiro atoms. The fraction of sp³-hybridized carbons (Fsp3) is 1.00. The van der Waals surface area contributed by atoms with Crippen molar-refractivity contribution >= 4 is 0 Å². The van der Waals surface area contributed by atoms with Gasteiger partial charge in [0, 0.05) is 13.1 Å². The quantitative estimate of drug-likeness (QED) is 0.725. The normalized spacial score (nSPS) is 22.8. The topological polar surface area (TPSA) is 23.5 Å². The molecule has 2 nitrogen and oxygen atoms in total. The van der Waals surface area contributed by atoms with Gasteiger partial charge >= 0.3 is 0 Å². The highest BCUT2D eigenvalue weighted by Crippen LogP contribution is 2.26.